The molecule has 1 saturated heterocycles. The largest absolute Gasteiger partial charge is 0.325 e. The molecule has 4 nitrogen and oxygen atoms in total. The van der Waals surface area contributed by atoms with Crippen molar-refractivity contribution < 1.29 is 4.79 Å². The van der Waals surface area contributed by atoms with Crippen LogP contribution in [0.3, 0.4) is 0 Å². The van der Waals surface area contributed by atoms with Crippen molar-refractivity contribution in [2.24, 2.45) is 0 Å². The van der Waals surface area contributed by atoms with Gasteiger partial charge in [-0.15, -0.1) is 12.4 Å². The van der Waals surface area contributed by atoms with E-state index >= 15 is 0 Å². The Hall–Kier alpha value is -1.10. The number of amides is 1. The van der Waals surface area contributed by atoms with Gasteiger partial charge < -0.3 is 10.6 Å². The lowest BCUT2D eigenvalue weighted by atomic mass is 10.2. The molecule has 0 unspecified atom stereocenters. The van der Waals surface area contributed by atoms with Crippen molar-refractivity contribution in [1.29, 1.82) is 0 Å². The SMILES string of the molecule is Cc1ccc(NC(=O)CN2CCCNCC2)cc1.Cl. The third-order valence-electron chi connectivity index (χ3n) is 3.14. The first-order chi connectivity index (χ1) is 8.74. The van der Waals surface area contributed by atoms with Gasteiger partial charge in [0, 0.05) is 18.8 Å². The molecule has 1 amide bonds. The van der Waals surface area contributed by atoms with Crippen LogP contribution in [0.4, 0.5) is 5.69 Å². The number of carbonyl (C=O) groups excluding carboxylic acids is 1. The van der Waals surface area contributed by atoms with Gasteiger partial charge in [-0.3, -0.25) is 9.69 Å². The summed E-state index contributed by atoms with van der Waals surface area (Å²) in [6.45, 7) is 6.48. The fraction of sp³-hybridized carbons (Fsp3) is 0.500. The maximum absolute atomic E-state index is 11.9. The second-order valence-electron chi connectivity index (χ2n) is 4.79. The van der Waals surface area contributed by atoms with Gasteiger partial charge in [-0.1, -0.05) is 17.7 Å². The molecule has 0 atom stereocenters. The third-order valence-corrected chi connectivity index (χ3v) is 3.14. The van der Waals surface area contributed by atoms with Gasteiger partial charge in [0.25, 0.3) is 0 Å². The van der Waals surface area contributed by atoms with Crippen LogP contribution < -0.4 is 10.6 Å². The molecule has 106 valence electrons. The average molecular weight is 284 g/mol. The summed E-state index contributed by atoms with van der Waals surface area (Å²) >= 11 is 0. The summed E-state index contributed by atoms with van der Waals surface area (Å²) < 4.78 is 0. The zero-order chi connectivity index (χ0) is 12.8. The lowest BCUT2D eigenvalue weighted by molar-refractivity contribution is -0.117. The zero-order valence-electron chi connectivity index (χ0n) is 11.3. The van der Waals surface area contributed by atoms with Gasteiger partial charge >= 0.3 is 0 Å². The summed E-state index contributed by atoms with van der Waals surface area (Å²) in [5.74, 6) is 0.0701. The van der Waals surface area contributed by atoms with E-state index in [2.05, 4.69) is 15.5 Å². The standard InChI is InChI=1S/C14H21N3O.ClH/c1-12-3-5-13(6-4-12)16-14(18)11-17-9-2-7-15-8-10-17;/h3-6,15H,2,7-11H2,1H3,(H,16,18);1H. The molecule has 2 rings (SSSR count). The molecule has 1 aromatic carbocycles. The Morgan fingerprint density at radius 2 is 2.00 bits per heavy atom. The van der Waals surface area contributed by atoms with Crippen molar-refractivity contribution in [3.05, 3.63) is 29.8 Å². The molecule has 1 aromatic rings. The molecular formula is C14H22ClN3O. The van der Waals surface area contributed by atoms with Gasteiger partial charge in [0.15, 0.2) is 0 Å². The molecule has 0 spiro atoms. The number of benzene rings is 1. The number of anilines is 1. The number of nitrogens with zero attached hydrogens (tertiary/aromatic N) is 1. The number of carbonyl (C=O) groups is 1. The van der Waals surface area contributed by atoms with Crippen LogP contribution in [-0.4, -0.2) is 43.5 Å². The lowest BCUT2D eigenvalue weighted by Crippen LogP contribution is -2.35. The highest BCUT2D eigenvalue weighted by atomic mass is 35.5. The molecule has 0 saturated carbocycles. The van der Waals surface area contributed by atoms with Crippen LogP contribution in [0.5, 0.6) is 0 Å². The van der Waals surface area contributed by atoms with Crippen molar-refractivity contribution in [2.75, 3.05) is 38.0 Å². The maximum Gasteiger partial charge on any atom is 0.238 e. The Morgan fingerprint density at radius 3 is 2.74 bits per heavy atom. The number of nitrogens with one attached hydrogen (secondary N) is 2. The maximum atomic E-state index is 11.9. The molecule has 0 radical (unpaired) electrons. The van der Waals surface area contributed by atoms with E-state index in [1.54, 1.807) is 0 Å². The van der Waals surface area contributed by atoms with Crippen LogP contribution in [-0.2, 0) is 4.79 Å². The summed E-state index contributed by atoms with van der Waals surface area (Å²) in [5.41, 5.74) is 2.07. The van der Waals surface area contributed by atoms with Crippen LogP contribution in [0.25, 0.3) is 0 Å². The Labute approximate surface area is 121 Å². The molecule has 1 aliphatic heterocycles. The first kappa shape index (κ1) is 16.0. The van der Waals surface area contributed by atoms with Crippen LogP contribution in [0.1, 0.15) is 12.0 Å². The Balaban J connectivity index is 0.00000180. The van der Waals surface area contributed by atoms with Crippen LogP contribution >= 0.6 is 12.4 Å². The molecule has 1 aliphatic rings. The van der Waals surface area contributed by atoms with E-state index < -0.39 is 0 Å². The predicted octanol–water partition coefficient (Wildman–Crippen LogP) is 1.65. The summed E-state index contributed by atoms with van der Waals surface area (Å²) in [6, 6.07) is 7.89. The summed E-state index contributed by atoms with van der Waals surface area (Å²) in [4.78, 5) is 14.1. The lowest BCUT2D eigenvalue weighted by Gasteiger charge is -2.18. The van der Waals surface area contributed by atoms with Gasteiger partial charge in [-0.05, 0) is 38.6 Å². The average Bonchev–Trinajstić information content (AvgIpc) is 2.61. The molecule has 0 bridgehead atoms. The zero-order valence-corrected chi connectivity index (χ0v) is 12.1. The van der Waals surface area contributed by atoms with Gasteiger partial charge in [0.2, 0.25) is 5.91 Å². The highest BCUT2D eigenvalue weighted by molar-refractivity contribution is 5.92. The molecular weight excluding hydrogens is 262 g/mol. The van der Waals surface area contributed by atoms with E-state index in [-0.39, 0.29) is 18.3 Å². The minimum Gasteiger partial charge on any atom is -0.325 e. The number of hydrogen-bond donors (Lipinski definition) is 2. The first-order valence-electron chi connectivity index (χ1n) is 6.53. The molecule has 0 aliphatic carbocycles. The highest BCUT2D eigenvalue weighted by Gasteiger charge is 2.12. The van der Waals surface area contributed by atoms with Gasteiger partial charge in [-0.2, -0.15) is 0 Å². The number of aryl methyl sites for hydroxylation is 1. The van der Waals surface area contributed by atoms with E-state index in [1.807, 2.05) is 31.2 Å². The fourth-order valence-electron chi connectivity index (χ4n) is 2.10. The normalized spacial score (nSPS) is 16.3. The minimum absolute atomic E-state index is 0. The molecule has 2 N–H and O–H groups in total. The summed E-state index contributed by atoms with van der Waals surface area (Å²) in [6.07, 6.45) is 1.11. The van der Waals surface area contributed by atoms with Gasteiger partial charge in [0.05, 0.1) is 6.54 Å². The molecule has 5 heteroatoms. The number of halogens is 1. The van der Waals surface area contributed by atoms with E-state index in [9.17, 15) is 4.79 Å². The minimum atomic E-state index is 0. The Morgan fingerprint density at radius 1 is 1.26 bits per heavy atom. The van der Waals surface area contributed by atoms with Crippen molar-refractivity contribution >= 4 is 24.0 Å². The second-order valence-corrected chi connectivity index (χ2v) is 4.79. The van der Waals surface area contributed by atoms with E-state index in [0.29, 0.717) is 6.54 Å². The smallest absolute Gasteiger partial charge is 0.238 e. The first-order valence-corrected chi connectivity index (χ1v) is 6.53. The topological polar surface area (TPSA) is 44.4 Å². The van der Waals surface area contributed by atoms with Crippen molar-refractivity contribution in [1.82, 2.24) is 10.2 Å². The van der Waals surface area contributed by atoms with Crippen molar-refractivity contribution in [2.45, 2.75) is 13.3 Å². The molecule has 19 heavy (non-hydrogen) atoms. The quantitative estimate of drug-likeness (QED) is 0.887. The predicted molar refractivity (Wildman–Crippen MR) is 81.0 cm³/mol. The monoisotopic (exact) mass is 283 g/mol. The summed E-state index contributed by atoms with van der Waals surface area (Å²) in [7, 11) is 0. The second kappa shape index (κ2) is 8.15. The highest BCUT2D eigenvalue weighted by Crippen LogP contribution is 2.08. The molecule has 1 fully saturated rings. The third kappa shape index (κ3) is 5.59. The van der Waals surface area contributed by atoms with Gasteiger partial charge in [-0.25, -0.2) is 0 Å². The van der Waals surface area contributed by atoms with E-state index in [1.165, 1.54) is 5.56 Å². The van der Waals surface area contributed by atoms with Crippen LogP contribution in [0.2, 0.25) is 0 Å². The van der Waals surface area contributed by atoms with Gasteiger partial charge in [0.1, 0.15) is 0 Å². The number of hydrogen-bond acceptors (Lipinski definition) is 3. The van der Waals surface area contributed by atoms with E-state index in [4.69, 9.17) is 0 Å². The van der Waals surface area contributed by atoms with Crippen LogP contribution in [0, 0.1) is 6.92 Å². The summed E-state index contributed by atoms with van der Waals surface area (Å²) in [5, 5.41) is 6.27. The molecule has 0 aromatic heterocycles. The van der Waals surface area contributed by atoms with Crippen molar-refractivity contribution in [3.8, 4) is 0 Å². The Kier molecular flexibility index (Phi) is 6.84. The fourth-order valence-corrected chi connectivity index (χ4v) is 2.10. The Bertz CT molecular complexity index is 386. The molecule has 1 heterocycles. The number of rotatable bonds is 3. The van der Waals surface area contributed by atoms with Crippen molar-refractivity contribution in [3.63, 3.8) is 0 Å². The van der Waals surface area contributed by atoms with Crippen LogP contribution in [0.15, 0.2) is 24.3 Å². The van der Waals surface area contributed by atoms with E-state index in [0.717, 1.165) is 38.3 Å².